The molecule has 3 nitrogen and oxygen atoms in total. The van der Waals surface area contributed by atoms with Crippen LogP contribution >= 0.6 is 27.5 Å². The third-order valence-electron chi connectivity index (χ3n) is 2.44. The highest BCUT2D eigenvalue weighted by Crippen LogP contribution is 2.32. The molecule has 0 fully saturated rings. The summed E-state index contributed by atoms with van der Waals surface area (Å²) in [6, 6.07) is 5.62. The highest BCUT2D eigenvalue weighted by Gasteiger charge is 2.14. The van der Waals surface area contributed by atoms with Crippen LogP contribution in [0.3, 0.4) is 0 Å². The molecule has 2 rings (SSSR count). The van der Waals surface area contributed by atoms with Crippen LogP contribution in [0.15, 0.2) is 22.7 Å². The maximum absolute atomic E-state index is 11.1. The second-order valence-electron chi connectivity index (χ2n) is 3.84. The van der Waals surface area contributed by atoms with E-state index in [9.17, 15) is 4.79 Å². The first-order valence-corrected chi connectivity index (χ1v) is 6.13. The molecule has 1 aromatic carbocycles. The third kappa shape index (κ3) is 2.15. The summed E-state index contributed by atoms with van der Waals surface area (Å²) in [4.78, 5) is 17.3. The summed E-state index contributed by atoms with van der Waals surface area (Å²) >= 11 is 9.62. The molecule has 0 unspecified atom stereocenters. The minimum Gasteiger partial charge on any atom is -0.362 e. The van der Waals surface area contributed by atoms with Crippen molar-refractivity contribution in [1.29, 1.82) is 0 Å². The Morgan fingerprint density at radius 3 is 2.71 bits per heavy atom. The molecule has 0 saturated carbocycles. The number of nitrogens with zero attached hydrogens (tertiary/aromatic N) is 2. The summed E-state index contributed by atoms with van der Waals surface area (Å²) in [5.74, 6) is 0.583. The Morgan fingerprint density at radius 2 is 2.12 bits per heavy atom. The zero-order chi connectivity index (χ0) is 12.6. The van der Waals surface area contributed by atoms with Gasteiger partial charge in [0.05, 0.1) is 16.1 Å². The summed E-state index contributed by atoms with van der Waals surface area (Å²) in [6.45, 7) is 0. The molecule has 0 aliphatic heterocycles. The zero-order valence-corrected chi connectivity index (χ0v) is 11.7. The van der Waals surface area contributed by atoms with E-state index in [2.05, 4.69) is 20.9 Å². The number of benzene rings is 1. The van der Waals surface area contributed by atoms with Crippen molar-refractivity contribution in [3.05, 3.63) is 33.3 Å². The normalized spacial score (nSPS) is 10.6. The van der Waals surface area contributed by atoms with Crippen molar-refractivity contribution in [2.24, 2.45) is 0 Å². The number of anilines is 1. The lowest BCUT2D eigenvalue weighted by Gasteiger charge is -2.16. The predicted molar refractivity (Wildman–Crippen MR) is 74.2 cm³/mol. The van der Waals surface area contributed by atoms with Crippen LogP contribution in [-0.2, 0) is 0 Å². The fraction of sp³-hybridized carbons (Fsp3) is 0.167. The van der Waals surface area contributed by atoms with Gasteiger partial charge in [-0.15, -0.1) is 0 Å². The van der Waals surface area contributed by atoms with Gasteiger partial charge in [-0.05, 0) is 18.2 Å². The van der Waals surface area contributed by atoms with Crippen molar-refractivity contribution in [2.45, 2.75) is 0 Å². The summed E-state index contributed by atoms with van der Waals surface area (Å²) in [5, 5.41) is 1.21. The SMILES string of the molecule is CN(C)c1nc2ccc(Br)cc2c(Cl)c1C=O. The minimum atomic E-state index is 0.419. The predicted octanol–water partition coefficient (Wildman–Crippen LogP) is 3.53. The molecular weight excluding hydrogens is 304 g/mol. The molecule has 0 bridgehead atoms. The van der Waals surface area contributed by atoms with Gasteiger partial charge in [0.2, 0.25) is 0 Å². The van der Waals surface area contributed by atoms with E-state index in [-0.39, 0.29) is 0 Å². The fourth-order valence-electron chi connectivity index (χ4n) is 1.64. The molecule has 1 aromatic heterocycles. The van der Waals surface area contributed by atoms with Gasteiger partial charge in [-0.3, -0.25) is 4.79 Å². The number of pyridine rings is 1. The molecule has 0 spiro atoms. The summed E-state index contributed by atoms with van der Waals surface area (Å²) < 4.78 is 0.906. The first kappa shape index (κ1) is 12.3. The molecule has 0 saturated heterocycles. The lowest BCUT2D eigenvalue weighted by Crippen LogP contribution is -2.13. The van der Waals surface area contributed by atoms with Crippen LogP contribution < -0.4 is 4.90 Å². The average Bonchev–Trinajstić information content (AvgIpc) is 2.29. The molecule has 0 amide bonds. The van der Waals surface area contributed by atoms with Crippen LogP contribution in [0, 0.1) is 0 Å². The van der Waals surface area contributed by atoms with E-state index in [1.165, 1.54) is 0 Å². The van der Waals surface area contributed by atoms with Crippen molar-refractivity contribution in [2.75, 3.05) is 19.0 Å². The second-order valence-corrected chi connectivity index (χ2v) is 5.13. The number of aldehydes is 1. The van der Waals surface area contributed by atoms with Crippen LogP contribution in [0.2, 0.25) is 5.02 Å². The Hall–Kier alpha value is -1.13. The molecule has 0 aliphatic carbocycles. The fourth-order valence-corrected chi connectivity index (χ4v) is 2.29. The summed E-state index contributed by atoms with van der Waals surface area (Å²) in [5.41, 5.74) is 1.19. The Bertz CT molecular complexity index is 599. The average molecular weight is 314 g/mol. The lowest BCUT2D eigenvalue weighted by atomic mass is 10.1. The van der Waals surface area contributed by atoms with Gasteiger partial charge in [-0.2, -0.15) is 0 Å². The van der Waals surface area contributed by atoms with E-state index < -0.39 is 0 Å². The van der Waals surface area contributed by atoms with Crippen molar-refractivity contribution in [1.82, 2.24) is 4.98 Å². The topological polar surface area (TPSA) is 33.2 Å². The molecular formula is C12H10BrClN2O. The largest absolute Gasteiger partial charge is 0.362 e. The van der Waals surface area contributed by atoms with Crippen LogP contribution in [0.5, 0.6) is 0 Å². The minimum absolute atomic E-state index is 0.419. The maximum Gasteiger partial charge on any atom is 0.155 e. The van der Waals surface area contributed by atoms with Gasteiger partial charge in [0, 0.05) is 24.0 Å². The maximum atomic E-state index is 11.1. The zero-order valence-electron chi connectivity index (χ0n) is 9.37. The Kier molecular flexibility index (Phi) is 3.35. The Labute approximate surface area is 113 Å². The van der Waals surface area contributed by atoms with Crippen molar-refractivity contribution in [3.63, 3.8) is 0 Å². The van der Waals surface area contributed by atoms with E-state index >= 15 is 0 Å². The van der Waals surface area contributed by atoms with Gasteiger partial charge >= 0.3 is 0 Å². The van der Waals surface area contributed by atoms with Crippen LogP contribution in [0.25, 0.3) is 10.9 Å². The summed E-state index contributed by atoms with van der Waals surface area (Å²) in [7, 11) is 3.66. The van der Waals surface area contributed by atoms with Crippen LogP contribution in [0.4, 0.5) is 5.82 Å². The molecule has 88 valence electrons. The molecule has 5 heteroatoms. The molecule has 0 N–H and O–H groups in total. The van der Waals surface area contributed by atoms with Gasteiger partial charge in [-0.25, -0.2) is 4.98 Å². The van der Waals surface area contributed by atoms with Gasteiger partial charge in [0.15, 0.2) is 6.29 Å². The monoisotopic (exact) mass is 312 g/mol. The molecule has 0 aliphatic rings. The van der Waals surface area contributed by atoms with E-state index in [1.54, 1.807) is 4.90 Å². The standard InChI is InChI=1S/C12H10BrClN2O/c1-16(2)12-9(6-17)11(14)8-5-7(13)3-4-10(8)15-12/h3-6H,1-2H3. The van der Waals surface area contributed by atoms with Crippen molar-refractivity contribution < 1.29 is 4.79 Å². The number of halogens is 2. The van der Waals surface area contributed by atoms with Crippen LogP contribution in [0.1, 0.15) is 10.4 Å². The summed E-state index contributed by atoms with van der Waals surface area (Å²) in [6.07, 6.45) is 0.741. The first-order valence-electron chi connectivity index (χ1n) is 4.96. The molecule has 2 aromatic rings. The number of hydrogen-bond donors (Lipinski definition) is 0. The number of fused-ring (bicyclic) bond motifs is 1. The molecule has 0 radical (unpaired) electrons. The number of carbonyl (C=O) groups excluding carboxylic acids is 1. The quantitative estimate of drug-likeness (QED) is 0.795. The second kappa shape index (κ2) is 4.63. The van der Waals surface area contributed by atoms with Gasteiger partial charge in [0.1, 0.15) is 5.82 Å². The highest BCUT2D eigenvalue weighted by molar-refractivity contribution is 9.10. The number of aromatic nitrogens is 1. The van der Waals surface area contributed by atoms with Crippen molar-refractivity contribution in [3.8, 4) is 0 Å². The number of rotatable bonds is 2. The smallest absolute Gasteiger partial charge is 0.155 e. The van der Waals surface area contributed by atoms with Crippen molar-refractivity contribution >= 4 is 50.5 Å². The third-order valence-corrected chi connectivity index (χ3v) is 3.34. The van der Waals surface area contributed by atoms with E-state index in [0.717, 1.165) is 21.7 Å². The van der Waals surface area contributed by atoms with Gasteiger partial charge in [-0.1, -0.05) is 27.5 Å². The molecule has 0 atom stereocenters. The molecule has 1 heterocycles. The highest BCUT2D eigenvalue weighted by atomic mass is 79.9. The van der Waals surface area contributed by atoms with Gasteiger partial charge in [0.25, 0.3) is 0 Å². The van der Waals surface area contributed by atoms with E-state index in [0.29, 0.717) is 16.4 Å². The molecule has 17 heavy (non-hydrogen) atoms. The van der Waals surface area contributed by atoms with Gasteiger partial charge < -0.3 is 4.90 Å². The number of hydrogen-bond acceptors (Lipinski definition) is 3. The lowest BCUT2D eigenvalue weighted by molar-refractivity contribution is 0.112. The Morgan fingerprint density at radius 1 is 1.41 bits per heavy atom. The van der Waals surface area contributed by atoms with E-state index in [4.69, 9.17) is 11.6 Å². The van der Waals surface area contributed by atoms with Crippen LogP contribution in [-0.4, -0.2) is 25.4 Å². The number of carbonyl (C=O) groups is 1. The Balaban J connectivity index is 2.87. The van der Waals surface area contributed by atoms with E-state index in [1.807, 2.05) is 32.3 Å². The first-order chi connectivity index (χ1) is 8.04.